The molecule has 0 aromatic heterocycles. The van der Waals surface area contributed by atoms with Gasteiger partial charge in [-0.1, -0.05) is 25.1 Å². The second kappa shape index (κ2) is 8.50. The number of amides is 1. The topological polar surface area (TPSA) is 69.7 Å². The van der Waals surface area contributed by atoms with Crippen LogP contribution in [0.25, 0.3) is 0 Å². The summed E-state index contributed by atoms with van der Waals surface area (Å²) in [6.45, 7) is 6.90. The van der Waals surface area contributed by atoms with Crippen LogP contribution in [-0.4, -0.2) is 50.1 Å². The zero-order chi connectivity index (χ0) is 19.5. The molecule has 1 saturated heterocycles. The highest BCUT2D eigenvalue weighted by atomic mass is 32.2. The van der Waals surface area contributed by atoms with Crippen molar-refractivity contribution in [3.63, 3.8) is 0 Å². The summed E-state index contributed by atoms with van der Waals surface area (Å²) in [4.78, 5) is 12.8. The first kappa shape index (κ1) is 20.9. The minimum atomic E-state index is -3.48. The Morgan fingerprint density at radius 1 is 1.31 bits per heavy atom. The lowest BCUT2D eigenvalue weighted by molar-refractivity contribution is -0.126. The first-order valence-electron chi connectivity index (χ1n) is 9.22. The van der Waals surface area contributed by atoms with Gasteiger partial charge in [0.15, 0.2) is 0 Å². The van der Waals surface area contributed by atoms with E-state index in [2.05, 4.69) is 37.4 Å². The molecule has 2 atom stereocenters. The molecule has 1 aliphatic rings. The molecule has 1 heterocycles. The SMILES string of the molecule is CC[C@H](NC(=O)[C@@H]1CCCN(S(=O)(=O)N(C)C)C1)c1ccc(C)c(C)c1. The monoisotopic (exact) mass is 381 g/mol. The Labute approximate surface area is 157 Å². The van der Waals surface area contributed by atoms with Gasteiger partial charge in [-0.05, 0) is 49.8 Å². The van der Waals surface area contributed by atoms with Crippen molar-refractivity contribution in [3.05, 3.63) is 34.9 Å². The lowest BCUT2D eigenvalue weighted by atomic mass is 9.96. The molecular weight excluding hydrogens is 350 g/mol. The van der Waals surface area contributed by atoms with Crippen LogP contribution in [0, 0.1) is 19.8 Å². The number of rotatable bonds is 6. The Morgan fingerprint density at radius 2 is 2.00 bits per heavy atom. The molecule has 1 aliphatic heterocycles. The Morgan fingerprint density at radius 3 is 2.58 bits per heavy atom. The first-order valence-corrected chi connectivity index (χ1v) is 10.6. The van der Waals surface area contributed by atoms with E-state index in [4.69, 9.17) is 0 Å². The van der Waals surface area contributed by atoms with Gasteiger partial charge in [-0.25, -0.2) is 0 Å². The van der Waals surface area contributed by atoms with Gasteiger partial charge in [0.2, 0.25) is 5.91 Å². The van der Waals surface area contributed by atoms with E-state index >= 15 is 0 Å². The fraction of sp³-hybridized carbons (Fsp3) is 0.632. The van der Waals surface area contributed by atoms with Crippen molar-refractivity contribution < 1.29 is 13.2 Å². The van der Waals surface area contributed by atoms with Crippen LogP contribution in [0.4, 0.5) is 0 Å². The molecule has 2 rings (SSSR count). The second-order valence-electron chi connectivity index (χ2n) is 7.30. The molecule has 0 saturated carbocycles. The predicted molar refractivity (Wildman–Crippen MR) is 104 cm³/mol. The van der Waals surface area contributed by atoms with Crippen molar-refractivity contribution in [1.82, 2.24) is 13.9 Å². The van der Waals surface area contributed by atoms with Crippen LogP contribution in [0.5, 0.6) is 0 Å². The van der Waals surface area contributed by atoms with Gasteiger partial charge < -0.3 is 5.32 Å². The van der Waals surface area contributed by atoms with Crippen molar-refractivity contribution in [1.29, 1.82) is 0 Å². The van der Waals surface area contributed by atoms with Crippen LogP contribution in [0.3, 0.4) is 0 Å². The fourth-order valence-corrected chi connectivity index (χ4v) is 4.48. The fourth-order valence-electron chi connectivity index (χ4n) is 3.29. The molecule has 1 amide bonds. The summed E-state index contributed by atoms with van der Waals surface area (Å²) in [6.07, 6.45) is 2.21. The third kappa shape index (κ3) is 4.64. The first-order chi connectivity index (χ1) is 12.2. The van der Waals surface area contributed by atoms with E-state index in [1.165, 1.54) is 33.8 Å². The molecule has 1 aromatic rings. The second-order valence-corrected chi connectivity index (χ2v) is 9.44. The lowest BCUT2D eigenvalue weighted by Crippen LogP contribution is -2.49. The molecule has 0 bridgehead atoms. The highest BCUT2D eigenvalue weighted by Crippen LogP contribution is 2.24. The van der Waals surface area contributed by atoms with Crippen LogP contribution in [0.15, 0.2) is 18.2 Å². The van der Waals surface area contributed by atoms with E-state index in [0.717, 1.165) is 12.0 Å². The molecule has 146 valence electrons. The Bertz CT molecular complexity index is 746. The Hall–Kier alpha value is -1.44. The lowest BCUT2D eigenvalue weighted by Gasteiger charge is -2.33. The maximum absolute atomic E-state index is 12.8. The maximum atomic E-state index is 12.8. The molecule has 0 aliphatic carbocycles. The van der Waals surface area contributed by atoms with Gasteiger partial charge >= 0.3 is 0 Å². The van der Waals surface area contributed by atoms with Gasteiger partial charge in [0.05, 0.1) is 12.0 Å². The third-order valence-corrected chi connectivity index (χ3v) is 7.11. The minimum absolute atomic E-state index is 0.0531. The molecule has 1 fully saturated rings. The minimum Gasteiger partial charge on any atom is -0.349 e. The number of piperidine rings is 1. The Kier molecular flexibility index (Phi) is 6.82. The number of carbonyl (C=O) groups excluding carboxylic acids is 1. The smallest absolute Gasteiger partial charge is 0.281 e. The average molecular weight is 382 g/mol. The molecule has 7 heteroatoms. The highest BCUT2D eigenvalue weighted by Gasteiger charge is 2.34. The van der Waals surface area contributed by atoms with Crippen LogP contribution in [0.2, 0.25) is 0 Å². The van der Waals surface area contributed by atoms with Gasteiger partial charge in [-0.15, -0.1) is 0 Å². The van der Waals surface area contributed by atoms with E-state index in [1.807, 2.05) is 6.92 Å². The van der Waals surface area contributed by atoms with Crippen LogP contribution < -0.4 is 5.32 Å². The number of hydrogen-bond acceptors (Lipinski definition) is 3. The summed E-state index contributed by atoms with van der Waals surface area (Å²) < 4.78 is 27.3. The number of aryl methyl sites for hydroxylation is 2. The van der Waals surface area contributed by atoms with Gasteiger partial charge in [0.25, 0.3) is 10.2 Å². The summed E-state index contributed by atoms with van der Waals surface area (Å²) in [5.41, 5.74) is 3.53. The van der Waals surface area contributed by atoms with Crippen molar-refractivity contribution in [2.24, 2.45) is 5.92 Å². The van der Waals surface area contributed by atoms with E-state index in [-0.39, 0.29) is 24.4 Å². The zero-order valence-electron chi connectivity index (χ0n) is 16.4. The van der Waals surface area contributed by atoms with Crippen molar-refractivity contribution in [2.75, 3.05) is 27.2 Å². The molecule has 26 heavy (non-hydrogen) atoms. The highest BCUT2D eigenvalue weighted by molar-refractivity contribution is 7.86. The summed E-state index contributed by atoms with van der Waals surface area (Å²) in [7, 11) is -0.437. The van der Waals surface area contributed by atoms with Crippen LogP contribution in [0.1, 0.15) is 48.9 Å². The number of benzene rings is 1. The predicted octanol–water partition coefficient (Wildman–Crippen LogP) is 2.39. The number of carbonyl (C=O) groups is 1. The van der Waals surface area contributed by atoms with E-state index in [9.17, 15) is 13.2 Å². The Balaban J connectivity index is 2.08. The maximum Gasteiger partial charge on any atom is 0.281 e. The van der Waals surface area contributed by atoms with Gasteiger partial charge in [-0.2, -0.15) is 17.0 Å². The van der Waals surface area contributed by atoms with Crippen molar-refractivity contribution in [3.8, 4) is 0 Å². The quantitative estimate of drug-likeness (QED) is 0.823. The molecule has 6 nitrogen and oxygen atoms in total. The van der Waals surface area contributed by atoms with E-state index in [0.29, 0.717) is 19.4 Å². The molecular formula is C19H31N3O3S. The standard InChI is InChI=1S/C19H31N3O3S/c1-6-18(16-10-9-14(2)15(3)12-16)20-19(23)17-8-7-11-22(13-17)26(24,25)21(4)5/h9-10,12,17-18H,6-8,11,13H2,1-5H3,(H,20,23)/t17-,18+/m1/s1. The molecule has 0 radical (unpaired) electrons. The van der Waals surface area contributed by atoms with Crippen molar-refractivity contribution in [2.45, 2.75) is 46.1 Å². The number of nitrogens with zero attached hydrogens (tertiary/aromatic N) is 2. The molecule has 1 N–H and O–H groups in total. The summed E-state index contributed by atoms with van der Waals surface area (Å²) in [5.74, 6) is -0.368. The van der Waals surface area contributed by atoms with Gasteiger partial charge in [0, 0.05) is 27.2 Å². The molecule has 0 unspecified atom stereocenters. The van der Waals surface area contributed by atoms with Crippen molar-refractivity contribution >= 4 is 16.1 Å². The molecule has 0 spiro atoms. The number of hydrogen-bond donors (Lipinski definition) is 1. The summed E-state index contributed by atoms with van der Waals surface area (Å²) in [5, 5.41) is 3.13. The van der Waals surface area contributed by atoms with Gasteiger partial charge in [0.1, 0.15) is 0 Å². The van der Waals surface area contributed by atoms with Crippen LogP contribution in [-0.2, 0) is 15.0 Å². The summed E-state index contributed by atoms with van der Waals surface area (Å²) in [6, 6.07) is 6.20. The van der Waals surface area contributed by atoms with E-state index < -0.39 is 10.2 Å². The summed E-state index contributed by atoms with van der Waals surface area (Å²) >= 11 is 0. The average Bonchev–Trinajstić information content (AvgIpc) is 2.61. The zero-order valence-corrected chi connectivity index (χ0v) is 17.3. The van der Waals surface area contributed by atoms with Gasteiger partial charge in [-0.3, -0.25) is 4.79 Å². The largest absolute Gasteiger partial charge is 0.349 e. The van der Waals surface area contributed by atoms with E-state index in [1.54, 1.807) is 0 Å². The third-order valence-electron chi connectivity index (χ3n) is 5.20. The molecule has 1 aromatic carbocycles. The van der Waals surface area contributed by atoms with Crippen LogP contribution >= 0.6 is 0 Å². The number of nitrogens with one attached hydrogen (secondary N) is 1. The normalized spacial score (nSPS) is 20.2.